The van der Waals surface area contributed by atoms with Crippen molar-refractivity contribution in [2.45, 2.75) is 0 Å². The lowest BCUT2D eigenvalue weighted by Crippen LogP contribution is -2.05. The normalized spacial score (nSPS) is 10.1. The summed E-state index contributed by atoms with van der Waals surface area (Å²) in [4.78, 5) is 10.6. The Morgan fingerprint density at radius 1 is 1.20 bits per heavy atom. The number of benzene rings is 1. The largest absolute Gasteiger partial charge is 0.366 e. The van der Waals surface area contributed by atoms with E-state index in [4.69, 9.17) is 5.73 Å². The molecule has 2 heteroatoms. The van der Waals surface area contributed by atoms with Crippen LogP contribution in [0.25, 0.3) is 18.2 Å². The predicted octanol–water partition coefficient (Wildman–Crippen LogP) is 2.47. The molecule has 0 unspecified atom stereocenters. The van der Waals surface area contributed by atoms with Gasteiger partial charge in [0.05, 0.1) is 0 Å². The van der Waals surface area contributed by atoms with E-state index in [1.165, 1.54) is 6.08 Å². The highest BCUT2D eigenvalue weighted by Crippen LogP contribution is 2.18. The van der Waals surface area contributed by atoms with Crippen LogP contribution in [0.4, 0.5) is 0 Å². The summed E-state index contributed by atoms with van der Waals surface area (Å²) in [6.07, 6.45) is 6.48. The van der Waals surface area contributed by atoms with Crippen molar-refractivity contribution < 1.29 is 4.79 Å². The summed E-state index contributed by atoms with van der Waals surface area (Å²) in [5, 5.41) is 0. The van der Waals surface area contributed by atoms with Gasteiger partial charge >= 0.3 is 0 Å². The smallest absolute Gasteiger partial charge is 0.241 e. The molecule has 2 N–H and O–H groups in total. The molecule has 0 spiro atoms. The first-order valence-corrected chi connectivity index (χ1v) is 4.54. The van der Waals surface area contributed by atoms with Crippen molar-refractivity contribution in [3.8, 4) is 0 Å². The second-order valence-corrected chi connectivity index (χ2v) is 2.99. The van der Waals surface area contributed by atoms with Crippen LogP contribution in [0.2, 0.25) is 0 Å². The second kappa shape index (κ2) is 4.96. The van der Waals surface area contributed by atoms with Crippen LogP contribution in [0.3, 0.4) is 0 Å². The topological polar surface area (TPSA) is 43.1 Å². The Bertz CT molecular complexity index is 430. The molecule has 0 fully saturated rings. The highest BCUT2D eigenvalue weighted by atomic mass is 16.1. The molecular formula is C13H13NO. The molecule has 0 saturated heterocycles. The summed E-state index contributed by atoms with van der Waals surface area (Å²) in [5.74, 6) is -0.464. The molecule has 0 radical (unpaired) electrons. The Morgan fingerprint density at radius 2 is 1.87 bits per heavy atom. The van der Waals surface area contributed by atoms with Crippen LogP contribution in [-0.4, -0.2) is 5.91 Å². The lowest BCUT2D eigenvalue weighted by atomic mass is 10.0. The van der Waals surface area contributed by atoms with E-state index < -0.39 is 5.91 Å². The zero-order valence-corrected chi connectivity index (χ0v) is 8.44. The molecule has 0 heterocycles. The first-order valence-electron chi connectivity index (χ1n) is 4.54. The fourth-order valence-electron chi connectivity index (χ4n) is 1.33. The quantitative estimate of drug-likeness (QED) is 0.744. The Kier molecular flexibility index (Phi) is 3.63. The predicted molar refractivity (Wildman–Crippen MR) is 64.9 cm³/mol. The van der Waals surface area contributed by atoms with Crippen molar-refractivity contribution in [3.63, 3.8) is 0 Å². The van der Waals surface area contributed by atoms with Gasteiger partial charge < -0.3 is 5.73 Å². The van der Waals surface area contributed by atoms with Crippen LogP contribution in [-0.2, 0) is 4.79 Å². The van der Waals surface area contributed by atoms with E-state index in [1.54, 1.807) is 18.2 Å². The van der Waals surface area contributed by atoms with Crippen molar-refractivity contribution >= 4 is 24.1 Å². The minimum absolute atomic E-state index is 0.464. The number of hydrogen-bond donors (Lipinski definition) is 1. The van der Waals surface area contributed by atoms with Crippen molar-refractivity contribution in [2.24, 2.45) is 5.73 Å². The zero-order chi connectivity index (χ0) is 11.3. The molecule has 2 nitrogen and oxygen atoms in total. The molecule has 76 valence electrons. The minimum Gasteiger partial charge on any atom is -0.366 e. The Morgan fingerprint density at radius 3 is 2.40 bits per heavy atom. The molecule has 0 saturated carbocycles. The number of amides is 1. The van der Waals surface area contributed by atoms with Crippen LogP contribution in [0.5, 0.6) is 0 Å². The molecule has 0 atom stereocenters. The molecule has 1 aromatic carbocycles. The lowest BCUT2D eigenvalue weighted by Gasteiger charge is -2.04. The van der Waals surface area contributed by atoms with E-state index in [0.29, 0.717) is 0 Å². The van der Waals surface area contributed by atoms with Crippen molar-refractivity contribution in [2.75, 3.05) is 0 Å². The van der Waals surface area contributed by atoms with Crippen molar-refractivity contribution in [1.29, 1.82) is 0 Å². The Hall–Kier alpha value is -2.09. The average Bonchev–Trinajstić information content (AvgIpc) is 2.25. The summed E-state index contributed by atoms with van der Waals surface area (Å²) in [6, 6.07) is 5.72. The van der Waals surface area contributed by atoms with Gasteiger partial charge in [0.15, 0.2) is 0 Å². The molecule has 0 aromatic heterocycles. The molecule has 0 bridgehead atoms. The highest BCUT2D eigenvalue weighted by Gasteiger charge is 1.99. The van der Waals surface area contributed by atoms with E-state index in [0.717, 1.165) is 16.7 Å². The summed E-state index contributed by atoms with van der Waals surface area (Å²) in [6.45, 7) is 7.44. The van der Waals surface area contributed by atoms with Crippen LogP contribution in [0.15, 0.2) is 37.4 Å². The van der Waals surface area contributed by atoms with Gasteiger partial charge in [-0.25, -0.2) is 0 Å². The fraction of sp³-hybridized carbons (Fsp3) is 0. The van der Waals surface area contributed by atoms with Crippen molar-refractivity contribution in [3.05, 3.63) is 54.1 Å². The number of carbonyl (C=O) groups excluding carboxylic acids is 1. The number of rotatable bonds is 4. The van der Waals surface area contributed by atoms with Gasteiger partial charge in [0.2, 0.25) is 5.91 Å². The average molecular weight is 199 g/mol. The number of hydrogen-bond acceptors (Lipinski definition) is 1. The number of carbonyl (C=O) groups is 1. The third-order valence-corrected chi connectivity index (χ3v) is 2.02. The van der Waals surface area contributed by atoms with Crippen LogP contribution < -0.4 is 5.73 Å². The monoisotopic (exact) mass is 199 g/mol. The molecular weight excluding hydrogens is 186 g/mol. The van der Waals surface area contributed by atoms with E-state index >= 15 is 0 Å². The highest BCUT2D eigenvalue weighted by molar-refractivity contribution is 5.91. The number of nitrogens with two attached hydrogens (primary N) is 1. The van der Waals surface area contributed by atoms with Crippen LogP contribution in [0, 0.1) is 0 Å². The van der Waals surface area contributed by atoms with E-state index in [1.807, 2.05) is 18.2 Å². The minimum atomic E-state index is -0.464. The van der Waals surface area contributed by atoms with Gasteiger partial charge in [-0.3, -0.25) is 4.79 Å². The summed E-state index contributed by atoms with van der Waals surface area (Å²) in [7, 11) is 0. The van der Waals surface area contributed by atoms with Gasteiger partial charge in [-0.2, -0.15) is 0 Å². The first-order chi connectivity index (χ1) is 7.19. The van der Waals surface area contributed by atoms with Crippen molar-refractivity contribution in [1.82, 2.24) is 0 Å². The van der Waals surface area contributed by atoms with Gasteiger partial charge in [0, 0.05) is 6.08 Å². The Balaban J connectivity index is 3.23. The van der Waals surface area contributed by atoms with Gasteiger partial charge in [0.1, 0.15) is 0 Å². The number of primary amides is 1. The third-order valence-electron chi connectivity index (χ3n) is 2.02. The van der Waals surface area contributed by atoms with Crippen LogP contribution in [0.1, 0.15) is 16.7 Å². The summed E-state index contributed by atoms with van der Waals surface area (Å²) >= 11 is 0. The SMILES string of the molecule is C=Cc1cccc(C=CC(N)=O)c1C=C. The lowest BCUT2D eigenvalue weighted by molar-refractivity contribution is -0.113. The maximum atomic E-state index is 10.6. The molecule has 1 rings (SSSR count). The van der Waals surface area contributed by atoms with Gasteiger partial charge in [-0.15, -0.1) is 0 Å². The van der Waals surface area contributed by atoms with E-state index in [-0.39, 0.29) is 0 Å². The second-order valence-electron chi connectivity index (χ2n) is 2.99. The Labute approximate surface area is 89.4 Å². The molecule has 0 aliphatic rings. The standard InChI is InChI=1S/C13H13NO/c1-3-10-6-5-7-11(12(10)4-2)8-9-13(14)15/h3-9H,1-2H2,(H2,14,15). The summed E-state index contributed by atoms with van der Waals surface area (Å²) in [5.41, 5.74) is 7.87. The summed E-state index contributed by atoms with van der Waals surface area (Å²) < 4.78 is 0. The van der Waals surface area contributed by atoms with Gasteiger partial charge in [-0.1, -0.05) is 43.5 Å². The molecule has 1 amide bonds. The molecule has 0 aliphatic carbocycles. The molecule has 1 aromatic rings. The van der Waals surface area contributed by atoms with E-state index in [2.05, 4.69) is 13.2 Å². The van der Waals surface area contributed by atoms with Gasteiger partial charge in [-0.05, 0) is 22.8 Å². The molecule has 0 aliphatic heterocycles. The van der Waals surface area contributed by atoms with Gasteiger partial charge in [0.25, 0.3) is 0 Å². The molecule has 15 heavy (non-hydrogen) atoms. The third kappa shape index (κ3) is 2.68. The maximum absolute atomic E-state index is 10.6. The van der Waals surface area contributed by atoms with E-state index in [9.17, 15) is 4.79 Å². The zero-order valence-electron chi connectivity index (χ0n) is 8.44. The maximum Gasteiger partial charge on any atom is 0.241 e. The van der Waals surface area contributed by atoms with Crippen LogP contribution >= 0.6 is 0 Å². The fourth-order valence-corrected chi connectivity index (χ4v) is 1.33. The first kappa shape index (κ1) is 11.0.